The lowest BCUT2D eigenvalue weighted by Gasteiger charge is -2.14. The monoisotopic (exact) mass is 256 g/mol. The van der Waals surface area contributed by atoms with Crippen LogP contribution in [0.15, 0.2) is 30.3 Å². The zero-order valence-electron chi connectivity index (χ0n) is 11.3. The lowest BCUT2D eigenvalue weighted by atomic mass is 9.94. The van der Waals surface area contributed by atoms with Crippen LogP contribution in [0.2, 0.25) is 0 Å². The Balaban J connectivity index is 1.97. The van der Waals surface area contributed by atoms with E-state index in [1.54, 1.807) is 0 Å². The number of aliphatic hydroxyl groups excluding tert-OH is 1. The number of fused-ring (bicyclic) bond motifs is 1. The topological polar surface area (TPSA) is 38.1 Å². The van der Waals surface area contributed by atoms with E-state index in [2.05, 4.69) is 34.0 Å². The highest BCUT2D eigenvalue weighted by molar-refractivity contribution is 5.31. The van der Waals surface area contributed by atoms with Crippen LogP contribution in [0, 0.1) is 0 Å². The van der Waals surface area contributed by atoms with Gasteiger partial charge in [-0.2, -0.15) is 5.10 Å². The van der Waals surface area contributed by atoms with E-state index >= 15 is 0 Å². The van der Waals surface area contributed by atoms with E-state index in [4.69, 9.17) is 0 Å². The van der Waals surface area contributed by atoms with Gasteiger partial charge in [-0.25, -0.2) is 0 Å². The first-order chi connectivity index (χ1) is 9.25. The van der Waals surface area contributed by atoms with Crippen molar-refractivity contribution >= 4 is 0 Å². The molecule has 3 heteroatoms. The number of hydrogen-bond donors (Lipinski definition) is 1. The first kappa shape index (κ1) is 12.4. The number of aliphatic hydroxyl groups is 1. The van der Waals surface area contributed by atoms with Gasteiger partial charge < -0.3 is 5.11 Å². The molecule has 0 bridgehead atoms. The molecule has 0 spiro atoms. The highest BCUT2D eigenvalue weighted by atomic mass is 16.3. The van der Waals surface area contributed by atoms with Crippen molar-refractivity contribution in [1.82, 2.24) is 9.78 Å². The minimum Gasteiger partial charge on any atom is -0.387 e. The fourth-order valence-electron chi connectivity index (χ4n) is 2.92. The van der Waals surface area contributed by atoms with E-state index in [9.17, 15) is 5.11 Å². The van der Waals surface area contributed by atoms with E-state index in [1.807, 2.05) is 13.0 Å². The summed E-state index contributed by atoms with van der Waals surface area (Å²) in [6, 6.07) is 10.4. The molecular weight excluding hydrogens is 236 g/mol. The molecule has 1 atom stereocenters. The molecule has 0 saturated heterocycles. The minimum atomic E-state index is -0.469. The Morgan fingerprint density at radius 3 is 2.68 bits per heavy atom. The Bertz CT molecular complexity index is 558. The van der Waals surface area contributed by atoms with Crippen LogP contribution in [0.1, 0.15) is 48.4 Å². The normalized spacial score (nSPS) is 16.1. The summed E-state index contributed by atoms with van der Waals surface area (Å²) in [7, 11) is 0. The molecule has 3 rings (SSSR count). The Kier molecular flexibility index (Phi) is 3.38. The van der Waals surface area contributed by atoms with Crippen LogP contribution in [0.25, 0.3) is 0 Å². The number of rotatable bonds is 3. The summed E-state index contributed by atoms with van der Waals surface area (Å²) in [4.78, 5) is 0. The fourth-order valence-corrected chi connectivity index (χ4v) is 2.92. The third-order valence-corrected chi connectivity index (χ3v) is 3.86. The van der Waals surface area contributed by atoms with Crippen LogP contribution in [-0.2, 0) is 19.4 Å². The molecular formula is C16H20N2O. The van der Waals surface area contributed by atoms with Gasteiger partial charge in [0.1, 0.15) is 0 Å². The van der Waals surface area contributed by atoms with E-state index in [0.29, 0.717) is 0 Å². The Hall–Kier alpha value is -1.61. The van der Waals surface area contributed by atoms with Crippen LogP contribution in [0.5, 0.6) is 0 Å². The second kappa shape index (κ2) is 5.17. The van der Waals surface area contributed by atoms with Crippen molar-refractivity contribution in [1.29, 1.82) is 0 Å². The van der Waals surface area contributed by atoms with Crippen molar-refractivity contribution in [2.75, 3.05) is 0 Å². The predicted molar refractivity (Wildman–Crippen MR) is 75.0 cm³/mol. The number of nitrogens with zero attached hydrogens (tertiary/aromatic N) is 2. The standard InChI is InChI=1S/C16H20N2O/c1-12(19)16-14-9-5-6-10-15(14)18(17-16)11-13-7-3-2-4-8-13/h2-4,7-8,12,19H,5-6,9-11H2,1H3. The third-order valence-electron chi connectivity index (χ3n) is 3.86. The van der Waals surface area contributed by atoms with Gasteiger partial charge >= 0.3 is 0 Å². The van der Waals surface area contributed by atoms with E-state index in [0.717, 1.165) is 25.1 Å². The molecule has 1 N–H and O–H groups in total. The molecule has 0 saturated carbocycles. The summed E-state index contributed by atoms with van der Waals surface area (Å²) in [5, 5.41) is 14.5. The van der Waals surface area contributed by atoms with E-state index < -0.39 is 6.10 Å². The maximum atomic E-state index is 9.88. The molecule has 3 nitrogen and oxygen atoms in total. The summed E-state index contributed by atoms with van der Waals surface area (Å²) < 4.78 is 2.09. The largest absolute Gasteiger partial charge is 0.387 e. The molecule has 1 aromatic carbocycles. The van der Waals surface area contributed by atoms with Crippen LogP contribution in [0.3, 0.4) is 0 Å². The number of aromatic nitrogens is 2. The molecule has 1 heterocycles. The SMILES string of the molecule is CC(O)c1nn(Cc2ccccc2)c2c1CCCC2. The van der Waals surface area contributed by atoms with E-state index in [1.165, 1.54) is 29.7 Å². The molecule has 100 valence electrons. The molecule has 1 unspecified atom stereocenters. The van der Waals surface area contributed by atoms with Crippen LogP contribution in [0.4, 0.5) is 0 Å². The minimum absolute atomic E-state index is 0.469. The molecule has 0 amide bonds. The second-order valence-electron chi connectivity index (χ2n) is 5.34. The van der Waals surface area contributed by atoms with Crippen molar-refractivity contribution < 1.29 is 5.11 Å². The van der Waals surface area contributed by atoms with Crippen molar-refractivity contribution in [3.05, 3.63) is 52.8 Å². The Morgan fingerprint density at radius 2 is 1.95 bits per heavy atom. The maximum Gasteiger partial charge on any atom is 0.0953 e. The van der Waals surface area contributed by atoms with Gasteiger partial charge in [-0.05, 0) is 43.7 Å². The summed E-state index contributed by atoms with van der Waals surface area (Å²) in [5.41, 5.74) is 4.75. The van der Waals surface area contributed by atoms with Gasteiger partial charge in [0.25, 0.3) is 0 Å². The molecule has 0 radical (unpaired) electrons. The van der Waals surface area contributed by atoms with Gasteiger partial charge in [0.2, 0.25) is 0 Å². The van der Waals surface area contributed by atoms with Gasteiger partial charge in [0.05, 0.1) is 18.3 Å². The van der Waals surface area contributed by atoms with Crippen molar-refractivity contribution in [2.24, 2.45) is 0 Å². The molecule has 0 aliphatic heterocycles. The molecule has 1 aliphatic rings. The highest BCUT2D eigenvalue weighted by Gasteiger charge is 2.22. The van der Waals surface area contributed by atoms with E-state index in [-0.39, 0.29) is 0 Å². The first-order valence-electron chi connectivity index (χ1n) is 7.06. The summed E-state index contributed by atoms with van der Waals surface area (Å²) in [6.07, 6.45) is 4.12. The highest BCUT2D eigenvalue weighted by Crippen LogP contribution is 2.28. The number of hydrogen-bond acceptors (Lipinski definition) is 2. The van der Waals surface area contributed by atoms with Crippen LogP contribution >= 0.6 is 0 Å². The van der Waals surface area contributed by atoms with Gasteiger partial charge in [0, 0.05) is 5.69 Å². The van der Waals surface area contributed by atoms with Gasteiger partial charge in [-0.3, -0.25) is 4.68 Å². The average Bonchev–Trinajstić information content (AvgIpc) is 2.79. The molecule has 1 aromatic heterocycles. The zero-order chi connectivity index (χ0) is 13.2. The summed E-state index contributed by atoms with van der Waals surface area (Å²) in [5.74, 6) is 0. The van der Waals surface area contributed by atoms with Crippen LogP contribution < -0.4 is 0 Å². The predicted octanol–water partition coefficient (Wildman–Crippen LogP) is 2.86. The van der Waals surface area contributed by atoms with Gasteiger partial charge in [-0.15, -0.1) is 0 Å². The quantitative estimate of drug-likeness (QED) is 0.917. The Labute approximate surface area is 113 Å². The molecule has 0 fully saturated rings. The van der Waals surface area contributed by atoms with Gasteiger partial charge in [-0.1, -0.05) is 30.3 Å². The number of benzene rings is 1. The molecule has 19 heavy (non-hydrogen) atoms. The smallest absolute Gasteiger partial charge is 0.0953 e. The van der Waals surface area contributed by atoms with Crippen molar-refractivity contribution in [3.8, 4) is 0 Å². The average molecular weight is 256 g/mol. The summed E-state index contributed by atoms with van der Waals surface area (Å²) >= 11 is 0. The van der Waals surface area contributed by atoms with Crippen molar-refractivity contribution in [3.63, 3.8) is 0 Å². The first-order valence-corrected chi connectivity index (χ1v) is 7.06. The summed E-state index contributed by atoms with van der Waals surface area (Å²) in [6.45, 7) is 2.61. The zero-order valence-corrected chi connectivity index (χ0v) is 11.3. The van der Waals surface area contributed by atoms with Crippen molar-refractivity contribution in [2.45, 2.75) is 45.3 Å². The molecule has 1 aliphatic carbocycles. The van der Waals surface area contributed by atoms with Gasteiger partial charge in [0.15, 0.2) is 0 Å². The third kappa shape index (κ3) is 2.43. The fraction of sp³-hybridized carbons (Fsp3) is 0.438. The second-order valence-corrected chi connectivity index (χ2v) is 5.34. The lowest BCUT2D eigenvalue weighted by molar-refractivity contribution is 0.192. The lowest BCUT2D eigenvalue weighted by Crippen LogP contribution is -2.10. The Morgan fingerprint density at radius 1 is 1.21 bits per heavy atom. The molecule has 2 aromatic rings. The van der Waals surface area contributed by atoms with Crippen LogP contribution in [-0.4, -0.2) is 14.9 Å². The maximum absolute atomic E-state index is 9.88.